The van der Waals surface area contributed by atoms with Crippen molar-refractivity contribution in [1.82, 2.24) is 5.32 Å². The van der Waals surface area contributed by atoms with Crippen LogP contribution >= 0.6 is 12.2 Å². The number of rotatable bonds is 9. The molecule has 3 aromatic rings. The number of non-ortho nitro benzene ring substituents is 1. The van der Waals surface area contributed by atoms with E-state index in [1.165, 1.54) is 25.3 Å². The number of ether oxygens (including phenoxy) is 3. The highest BCUT2D eigenvalue weighted by atomic mass is 32.1. The molecule has 0 saturated carbocycles. The van der Waals surface area contributed by atoms with E-state index in [0.717, 1.165) is 5.75 Å². The molecule has 0 saturated heterocycles. The third-order valence-electron chi connectivity index (χ3n) is 4.33. The van der Waals surface area contributed by atoms with Gasteiger partial charge in [-0.1, -0.05) is 24.3 Å². The molecule has 2 N–H and O–H groups in total. The number of nitrogens with zero attached hydrogens (tertiary/aromatic N) is 1. The van der Waals surface area contributed by atoms with Crippen LogP contribution in [0, 0.1) is 10.1 Å². The lowest BCUT2D eigenvalue weighted by molar-refractivity contribution is -0.384. The van der Waals surface area contributed by atoms with E-state index < -0.39 is 10.8 Å². The second kappa shape index (κ2) is 11.4. The largest absolute Gasteiger partial charge is 0.494 e. The zero-order valence-corrected chi connectivity index (χ0v) is 18.5. The van der Waals surface area contributed by atoms with Crippen molar-refractivity contribution in [2.45, 2.75) is 0 Å². The van der Waals surface area contributed by atoms with Crippen molar-refractivity contribution >= 4 is 34.6 Å². The first-order chi connectivity index (χ1) is 16.0. The van der Waals surface area contributed by atoms with Crippen LogP contribution in [0.2, 0.25) is 0 Å². The van der Waals surface area contributed by atoms with Gasteiger partial charge in [-0.25, -0.2) is 0 Å². The maximum atomic E-state index is 12.6. The zero-order chi connectivity index (χ0) is 23.6. The monoisotopic (exact) mass is 467 g/mol. The maximum absolute atomic E-state index is 12.6. The first kappa shape index (κ1) is 23.5. The second-order valence-electron chi connectivity index (χ2n) is 6.59. The number of carbonyl (C=O) groups is 1. The highest BCUT2D eigenvalue weighted by Gasteiger charge is 2.14. The Morgan fingerprint density at radius 2 is 1.67 bits per heavy atom. The predicted octanol–water partition coefficient (Wildman–Crippen LogP) is 4.19. The summed E-state index contributed by atoms with van der Waals surface area (Å²) in [6.45, 7) is 0.658. The van der Waals surface area contributed by atoms with Crippen molar-refractivity contribution in [2.24, 2.45) is 0 Å². The molecule has 0 aromatic heterocycles. The van der Waals surface area contributed by atoms with Crippen LogP contribution in [-0.2, 0) is 0 Å². The van der Waals surface area contributed by atoms with Crippen LogP contribution in [-0.4, -0.2) is 36.3 Å². The van der Waals surface area contributed by atoms with Gasteiger partial charge in [0.15, 0.2) is 5.11 Å². The van der Waals surface area contributed by atoms with Gasteiger partial charge in [0, 0.05) is 11.6 Å². The molecule has 0 atom stereocenters. The van der Waals surface area contributed by atoms with Gasteiger partial charge < -0.3 is 19.5 Å². The molecule has 10 heteroatoms. The van der Waals surface area contributed by atoms with Crippen LogP contribution in [0.5, 0.6) is 17.2 Å². The highest BCUT2D eigenvalue weighted by Crippen LogP contribution is 2.28. The lowest BCUT2D eigenvalue weighted by Crippen LogP contribution is -2.34. The van der Waals surface area contributed by atoms with E-state index in [1.54, 1.807) is 24.3 Å². The number of amides is 1. The molecule has 0 bridgehead atoms. The molecule has 3 aromatic carbocycles. The van der Waals surface area contributed by atoms with Gasteiger partial charge in [-0.05, 0) is 48.6 Å². The van der Waals surface area contributed by atoms with E-state index in [-0.39, 0.29) is 16.5 Å². The first-order valence-corrected chi connectivity index (χ1v) is 10.2. The third kappa shape index (κ3) is 6.91. The van der Waals surface area contributed by atoms with E-state index in [2.05, 4.69) is 10.6 Å². The molecule has 33 heavy (non-hydrogen) atoms. The molecule has 0 aliphatic rings. The van der Waals surface area contributed by atoms with Gasteiger partial charge in [-0.2, -0.15) is 0 Å². The number of para-hydroxylation sites is 1. The lowest BCUT2D eigenvalue weighted by Gasteiger charge is -2.13. The number of nitrogens with one attached hydrogen (secondary N) is 2. The standard InChI is InChI=1S/C23H21N3O6S/c1-30-21-15-17(26(28)29)10-11-20(21)24-23(33)25-22(27)16-6-5-9-19(14-16)32-13-12-31-18-7-3-2-4-8-18/h2-11,14-15H,12-13H2,1H3,(H2,24,25,27,33). The van der Waals surface area contributed by atoms with Gasteiger partial charge in [-0.15, -0.1) is 0 Å². The fourth-order valence-corrected chi connectivity index (χ4v) is 2.99. The molecule has 170 valence electrons. The molecule has 0 aliphatic heterocycles. The minimum Gasteiger partial charge on any atom is -0.494 e. The van der Waals surface area contributed by atoms with Crippen molar-refractivity contribution in [3.8, 4) is 17.2 Å². The summed E-state index contributed by atoms with van der Waals surface area (Å²) in [6, 6.07) is 20.0. The van der Waals surface area contributed by atoms with Crippen molar-refractivity contribution in [3.05, 3.63) is 88.5 Å². The SMILES string of the molecule is COc1cc([N+](=O)[O-])ccc1NC(=S)NC(=O)c1cccc(OCCOc2ccccc2)c1. The van der Waals surface area contributed by atoms with Crippen LogP contribution in [0.25, 0.3) is 0 Å². The van der Waals surface area contributed by atoms with Crippen LogP contribution in [0.3, 0.4) is 0 Å². The Balaban J connectivity index is 1.53. The fraction of sp³-hybridized carbons (Fsp3) is 0.130. The minimum absolute atomic E-state index is 0.00901. The van der Waals surface area contributed by atoms with Crippen molar-refractivity contribution < 1.29 is 23.9 Å². The Labute approximate surface area is 195 Å². The molecule has 1 amide bonds. The van der Waals surface area contributed by atoms with Gasteiger partial charge in [0.1, 0.15) is 30.5 Å². The Kier molecular flexibility index (Phi) is 8.14. The summed E-state index contributed by atoms with van der Waals surface area (Å²) in [6.07, 6.45) is 0. The normalized spacial score (nSPS) is 10.1. The highest BCUT2D eigenvalue weighted by molar-refractivity contribution is 7.80. The average molecular weight is 468 g/mol. The number of hydrogen-bond acceptors (Lipinski definition) is 7. The third-order valence-corrected chi connectivity index (χ3v) is 4.54. The molecule has 0 heterocycles. The van der Waals surface area contributed by atoms with Gasteiger partial charge in [0.05, 0.1) is 23.8 Å². The van der Waals surface area contributed by atoms with Crippen molar-refractivity contribution in [2.75, 3.05) is 25.6 Å². The summed E-state index contributed by atoms with van der Waals surface area (Å²) in [5, 5.41) is 16.3. The number of benzene rings is 3. The van der Waals surface area contributed by atoms with E-state index in [9.17, 15) is 14.9 Å². The number of anilines is 1. The summed E-state index contributed by atoms with van der Waals surface area (Å²) in [4.78, 5) is 22.9. The molecule has 0 fully saturated rings. The smallest absolute Gasteiger partial charge is 0.273 e. The number of carbonyl (C=O) groups excluding carboxylic acids is 1. The van der Waals surface area contributed by atoms with Gasteiger partial charge in [-0.3, -0.25) is 20.2 Å². The molecule has 0 aliphatic carbocycles. The van der Waals surface area contributed by atoms with Crippen LogP contribution in [0.4, 0.5) is 11.4 Å². The number of hydrogen-bond donors (Lipinski definition) is 2. The first-order valence-electron chi connectivity index (χ1n) is 9.82. The predicted molar refractivity (Wildman–Crippen MR) is 127 cm³/mol. The number of nitro benzene ring substituents is 1. The Morgan fingerprint density at radius 1 is 0.970 bits per heavy atom. The van der Waals surface area contributed by atoms with E-state index in [4.69, 9.17) is 26.4 Å². The molecular weight excluding hydrogens is 446 g/mol. The van der Waals surface area contributed by atoms with Crippen LogP contribution in [0.15, 0.2) is 72.8 Å². The van der Waals surface area contributed by atoms with Crippen molar-refractivity contribution in [3.63, 3.8) is 0 Å². The topological polar surface area (TPSA) is 112 Å². The maximum Gasteiger partial charge on any atom is 0.273 e. The van der Waals surface area contributed by atoms with E-state index >= 15 is 0 Å². The van der Waals surface area contributed by atoms with Gasteiger partial charge >= 0.3 is 0 Å². The molecule has 3 rings (SSSR count). The fourth-order valence-electron chi connectivity index (χ4n) is 2.79. The second-order valence-corrected chi connectivity index (χ2v) is 7.00. The van der Waals surface area contributed by atoms with Crippen molar-refractivity contribution in [1.29, 1.82) is 0 Å². The number of methoxy groups -OCH3 is 1. The lowest BCUT2D eigenvalue weighted by atomic mass is 10.2. The average Bonchev–Trinajstić information content (AvgIpc) is 2.82. The van der Waals surface area contributed by atoms with Crippen LogP contribution in [0.1, 0.15) is 10.4 Å². The van der Waals surface area contributed by atoms with Crippen LogP contribution < -0.4 is 24.8 Å². The van der Waals surface area contributed by atoms with Gasteiger partial charge in [0.25, 0.3) is 11.6 Å². The summed E-state index contributed by atoms with van der Waals surface area (Å²) in [5.74, 6) is 1.03. The van der Waals surface area contributed by atoms with E-state index in [0.29, 0.717) is 30.2 Å². The quantitative estimate of drug-likeness (QED) is 0.209. The summed E-state index contributed by atoms with van der Waals surface area (Å²) < 4.78 is 16.4. The molecular formula is C23H21N3O6S. The Bertz CT molecular complexity index is 1140. The molecule has 0 radical (unpaired) electrons. The van der Waals surface area contributed by atoms with E-state index in [1.807, 2.05) is 30.3 Å². The number of thiocarbonyl (C=S) groups is 1. The Morgan fingerprint density at radius 3 is 2.36 bits per heavy atom. The minimum atomic E-state index is -0.532. The molecule has 0 spiro atoms. The zero-order valence-electron chi connectivity index (χ0n) is 17.6. The Hall–Kier alpha value is -4.18. The summed E-state index contributed by atoms with van der Waals surface area (Å²) in [7, 11) is 1.38. The summed E-state index contributed by atoms with van der Waals surface area (Å²) in [5.41, 5.74) is 0.596. The molecule has 0 unspecified atom stereocenters. The number of nitro groups is 1. The van der Waals surface area contributed by atoms with Gasteiger partial charge in [0.2, 0.25) is 0 Å². The summed E-state index contributed by atoms with van der Waals surface area (Å²) >= 11 is 5.19. The molecule has 9 nitrogen and oxygen atoms in total.